The first kappa shape index (κ1) is 15.4. The number of anilines is 1. The van der Waals surface area contributed by atoms with Crippen molar-refractivity contribution in [1.29, 1.82) is 0 Å². The summed E-state index contributed by atoms with van der Waals surface area (Å²) in [6.45, 7) is 2.76. The van der Waals surface area contributed by atoms with Crippen LogP contribution in [0.1, 0.15) is 10.4 Å². The molecule has 0 radical (unpaired) electrons. The lowest BCUT2D eigenvalue weighted by Crippen LogP contribution is -2.49. The summed E-state index contributed by atoms with van der Waals surface area (Å²) in [5.41, 5.74) is 1.68. The van der Waals surface area contributed by atoms with Crippen molar-refractivity contribution in [2.75, 3.05) is 31.1 Å². The molecule has 1 aliphatic rings. The fourth-order valence-electron chi connectivity index (χ4n) is 3.12. The fraction of sp³-hybridized carbons (Fsp3) is 0.278. The number of hydrogen-bond donors (Lipinski definition) is 0. The molecule has 0 atom stereocenters. The Morgan fingerprint density at radius 3 is 2.64 bits per heavy atom. The van der Waals surface area contributed by atoms with Crippen LogP contribution in [0.3, 0.4) is 0 Å². The molecule has 3 aromatic rings. The van der Waals surface area contributed by atoms with E-state index < -0.39 is 5.76 Å². The number of oxazole rings is 1. The van der Waals surface area contributed by atoms with Crippen molar-refractivity contribution >= 4 is 22.8 Å². The van der Waals surface area contributed by atoms with Gasteiger partial charge in [0, 0.05) is 45.0 Å². The largest absolute Gasteiger partial charge is 0.419 e. The van der Waals surface area contributed by atoms with E-state index in [0.717, 1.165) is 18.9 Å². The Hall–Kier alpha value is -3.09. The van der Waals surface area contributed by atoms with Gasteiger partial charge in [0.05, 0.1) is 5.52 Å². The Labute approximate surface area is 144 Å². The van der Waals surface area contributed by atoms with Crippen molar-refractivity contribution in [2.45, 2.75) is 0 Å². The summed E-state index contributed by atoms with van der Waals surface area (Å²) in [7, 11) is 1.63. The van der Waals surface area contributed by atoms with Gasteiger partial charge in [-0.05, 0) is 30.3 Å². The number of pyridine rings is 1. The third-order valence-electron chi connectivity index (χ3n) is 4.58. The van der Waals surface area contributed by atoms with E-state index in [1.165, 1.54) is 4.57 Å². The van der Waals surface area contributed by atoms with Gasteiger partial charge in [-0.25, -0.2) is 9.78 Å². The zero-order valence-electron chi connectivity index (χ0n) is 13.9. The van der Waals surface area contributed by atoms with E-state index in [1.54, 1.807) is 31.4 Å². The highest BCUT2D eigenvalue weighted by Gasteiger charge is 2.23. The number of nitrogens with zero attached hydrogens (tertiary/aromatic N) is 4. The van der Waals surface area contributed by atoms with Crippen LogP contribution in [0.15, 0.2) is 51.8 Å². The molecule has 0 aliphatic carbocycles. The van der Waals surface area contributed by atoms with Gasteiger partial charge < -0.3 is 14.2 Å². The highest BCUT2D eigenvalue weighted by molar-refractivity contribution is 5.97. The molecule has 25 heavy (non-hydrogen) atoms. The van der Waals surface area contributed by atoms with Gasteiger partial charge in [0.25, 0.3) is 5.91 Å². The van der Waals surface area contributed by atoms with Crippen LogP contribution >= 0.6 is 0 Å². The molecule has 1 aliphatic heterocycles. The average molecular weight is 338 g/mol. The second-order valence-electron chi connectivity index (χ2n) is 6.08. The van der Waals surface area contributed by atoms with Gasteiger partial charge in [0.2, 0.25) is 0 Å². The van der Waals surface area contributed by atoms with Crippen LogP contribution in [0.25, 0.3) is 11.1 Å². The third kappa shape index (κ3) is 2.77. The lowest BCUT2D eigenvalue weighted by Gasteiger charge is -2.35. The summed E-state index contributed by atoms with van der Waals surface area (Å²) < 4.78 is 6.52. The Bertz CT molecular complexity index is 969. The molecule has 1 saturated heterocycles. The molecule has 2 aromatic heterocycles. The molecule has 128 valence electrons. The minimum absolute atomic E-state index is 0.0313. The minimum Gasteiger partial charge on any atom is -0.408 e. The van der Waals surface area contributed by atoms with Gasteiger partial charge >= 0.3 is 5.76 Å². The van der Waals surface area contributed by atoms with Crippen molar-refractivity contribution < 1.29 is 9.21 Å². The molecule has 3 heterocycles. The SMILES string of the molecule is Cn1c(=O)oc2ccc(C(=O)N3CCN(c4ccccn4)CC3)cc21. The molecule has 0 spiro atoms. The van der Waals surface area contributed by atoms with E-state index >= 15 is 0 Å². The molecule has 7 nitrogen and oxygen atoms in total. The van der Waals surface area contributed by atoms with E-state index in [2.05, 4.69) is 9.88 Å². The standard InChI is InChI=1S/C18H18N4O3/c1-20-14-12-13(5-6-15(14)25-18(20)24)17(23)22-10-8-21(9-11-22)16-4-2-3-7-19-16/h2-7,12H,8-11H2,1H3. The maximum Gasteiger partial charge on any atom is 0.419 e. The zero-order valence-corrected chi connectivity index (χ0v) is 13.9. The van der Waals surface area contributed by atoms with Gasteiger partial charge in [-0.15, -0.1) is 0 Å². The normalized spacial score (nSPS) is 14.9. The third-order valence-corrected chi connectivity index (χ3v) is 4.58. The first-order valence-electron chi connectivity index (χ1n) is 8.18. The number of benzene rings is 1. The highest BCUT2D eigenvalue weighted by Crippen LogP contribution is 2.18. The van der Waals surface area contributed by atoms with Gasteiger partial charge in [-0.3, -0.25) is 9.36 Å². The second kappa shape index (κ2) is 6.08. The number of hydrogen-bond acceptors (Lipinski definition) is 5. The maximum absolute atomic E-state index is 12.8. The quantitative estimate of drug-likeness (QED) is 0.708. The van der Waals surface area contributed by atoms with Crippen LogP contribution in [0.5, 0.6) is 0 Å². The number of rotatable bonds is 2. The lowest BCUT2D eigenvalue weighted by molar-refractivity contribution is 0.0746. The number of piperazine rings is 1. The second-order valence-corrected chi connectivity index (χ2v) is 6.08. The molecular formula is C18H18N4O3. The number of aromatic nitrogens is 2. The topological polar surface area (TPSA) is 71.6 Å². The van der Waals surface area contributed by atoms with Crippen molar-refractivity contribution in [1.82, 2.24) is 14.5 Å². The number of aryl methyl sites for hydroxylation is 1. The smallest absolute Gasteiger partial charge is 0.408 e. The summed E-state index contributed by atoms with van der Waals surface area (Å²) in [6.07, 6.45) is 1.78. The summed E-state index contributed by atoms with van der Waals surface area (Å²) in [5, 5.41) is 0. The monoisotopic (exact) mass is 338 g/mol. The summed E-state index contributed by atoms with van der Waals surface area (Å²) in [4.78, 5) is 32.7. The molecular weight excluding hydrogens is 320 g/mol. The first-order chi connectivity index (χ1) is 12.1. The van der Waals surface area contributed by atoms with Crippen molar-refractivity contribution in [3.63, 3.8) is 0 Å². The van der Waals surface area contributed by atoms with Gasteiger partial charge in [0.1, 0.15) is 5.82 Å². The van der Waals surface area contributed by atoms with Crippen LogP contribution < -0.4 is 10.7 Å². The van der Waals surface area contributed by atoms with E-state index in [9.17, 15) is 9.59 Å². The predicted octanol–water partition coefficient (Wildman–Crippen LogP) is 1.49. The van der Waals surface area contributed by atoms with Crippen molar-refractivity contribution in [2.24, 2.45) is 7.05 Å². The van der Waals surface area contributed by atoms with Crippen molar-refractivity contribution in [3.05, 3.63) is 58.7 Å². The Morgan fingerprint density at radius 2 is 1.92 bits per heavy atom. The van der Waals surface area contributed by atoms with Gasteiger partial charge in [-0.2, -0.15) is 0 Å². The molecule has 0 saturated carbocycles. The van der Waals surface area contributed by atoms with Crippen molar-refractivity contribution in [3.8, 4) is 0 Å². The fourth-order valence-corrected chi connectivity index (χ4v) is 3.12. The summed E-state index contributed by atoms with van der Waals surface area (Å²) in [6, 6.07) is 10.9. The molecule has 4 rings (SSSR count). The molecule has 1 amide bonds. The first-order valence-corrected chi connectivity index (χ1v) is 8.18. The summed E-state index contributed by atoms with van der Waals surface area (Å²) in [5.74, 6) is 0.476. The predicted molar refractivity (Wildman–Crippen MR) is 93.8 cm³/mol. The average Bonchev–Trinajstić information content (AvgIpc) is 2.95. The Kier molecular flexibility index (Phi) is 3.76. The van der Waals surface area contributed by atoms with Crippen LogP contribution in [-0.4, -0.2) is 46.5 Å². The number of carbonyl (C=O) groups is 1. The number of amides is 1. The Balaban J connectivity index is 1.50. The molecule has 0 N–H and O–H groups in total. The van der Waals surface area contributed by atoms with E-state index in [4.69, 9.17) is 4.42 Å². The van der Waals surface area contributed by atoms with Gasteiger partial charge in [0.15, 0.2) is 5.58 Å². The lowest BCUT2D eigenvalue weighted by atomic mass is 10.1. The summed E-state index contributed by atoms with van der Waals surface area (Å²) >= 11 is 0. The molecule has 1 aromatic carbocycles. The van der Waals surface area contributed by atoms with E-state index in [0.29, 0.717) is 29.8 Å². The number of carbonyl (C=O) groups excluding carboxylic acids is 1. The van der Waals surface area contributed by atoms with Crippen LogP contribution in [0.2, 0.25) is 0 Å². The van der Waals surface area contributed by atoms with Gasteiger partial charge in [-0.1, -0.05) is 6.07 Å². The Morgan fingerprint density at radius 1 is 1.12 bits per heavy atom. The van der Waals surface area contributed by atoms with E-state index in [1.807, 2.05) is 23.1 Å². The van der Waals surface area contributed by atoms with E-state index in [-0.39, 0.29) is 5.91 Å². The molecule has 7 heteroatoms. The highest BCUT2D eigenvalue weighted by atomic mass is 16.4. The maximum atomic E-state index is 12.8. The number of fused-ring (bicyclic) bond motifs is 1. The van der Waals surface area contributed by atoms with Crippen LogP contribution in [0.4, 0.5) is 5.82 Å². The van der Waals surface area contributed by atoms with Crippen LogP contribution in [0, 0.1) is 0 Å². The van der Waals surface area contributed by atoms with Crippen LogP contribution in [-0.2, 0) is 7.05 Å². The molecule has 1 fully saturated rings. The zero-order chi connectivity index (χ0) is 17.4. The molecule has 0 bridgehead atoms. The minimum atomic E-state index is -0.427. The molecule has 0 unspecified atom stereocenters.